The zero-order valence-corrected chi connectivity index (χ0v) is 17.7. The topological polar surface area (TPSA) is 86.1 Å². The lowest BCUT2D eigenvalue weighted by atomic mass is 10.2. The van der Waals surface area contributed by atoms with Gasteiger partial charge in [-0.3, -0.25) is 4.79 Å². The van der Waals surface area contributed by atoms with Gasteiger partial charge >= 0.3 is 5.97 Å². The average Bonchev–Trinajstić information content (AvgIpc) is 3.29. The first kappa shape index (κ1) is 21.0. The van der Waals surface area contributed by atoms with Gasteiger partial charge in [-0.2, -0.15) is 0 Å². The molecule has 7 nitrogen and oxygen atoms in total. The molecule has 2 heterocycles. The normalized spacial score (nSPS) is 10.8. The second-order valence-electron chi connectivity index (χ2n) is 5.99. The molecule has 152 valence electrons. The molecular weight excluding hydrogens is 415 g/mol. The molecule has 1 amide bonds. The first-order valence-electron chi connectivity index (χ1n) is 8.73. The van der Waals surface area contributed by atoms with Crippen molar-refractivity contribution in [1.82, 2.24) is 14.8 Å². The number of benzene rings is 1. The average molecular weight is 435 g/mol. The third-order valence-corrected chi connectivity index (χ3v) is 5.91. The van der Waals surface area contributed by atoms with Crippen LogP contribution in [0, 0.1) is 12.7 Å². The summed E-state index contributed by atoms with van der Waals surface area (Å²) >= 11 is 2.55. The number of nitrogens with zero attached hydrogens (tertiary/aromatic N) is 3. The van der Waals surface area contributed by atoms with Gasteiger partial charge in [-0.05, 0) is 44.2 Å². The van der Waals surface area contributed by atoms with Crippen LogP contribution < -0.4 is 5.32 Å². The number of nitrogens with one attached hydrogen (secondary N) is 1. The Morgan fingerprint density at radius 3 is 2.66 bits per heavy atom. The predicted octanol–water partition coefficient (Wildman–Crippen LogP) is 3.99. The minimum Gasteiger partial charge on any atom is -0.465 e. The first-order chi connectivity index (χ1) is 13.9. The number of rotatable bonds is 7. The van der Waals surface area contributed by atoms with Crippen LogP contribution in [0.2, 0.25) is 0 Å². The fraction of sp³-hybridized carbons (Fsp3) is 0.263. The Morgan fingerprint density at radius 1 is 1.28 bits per heavy atom. The van der Waals surface area contributed by atoms with E-state index in [-0.39, 0.29) is 17.5 Å². The Hall–Kier alpha value is -2.72. The molecule has 3 aromatic rings. The van der Waals surface area contributed by atoms with Gasteiger partial charge in [-0.15, -0.1) is 21.5 Å². The van der Waals surface area contributed by atoms with Crippen molar-refractivity contribution in [2.45, 2.75) is 25.5 Å². The van der Waals surface area contributed by atoms with Crippen molar-refractivity contribution in [2.75, 3.05) is 18.2 Å². The number of hydrogen-bond donors (Lipinski definition) is 1. The number of anilines is 1. The van der Waals surface area contributed by atoms with E-state index in [0.29, 0.717) is 28.1 Å². The Balaban J connectivity index is 1.70. The second kappa shape index (κ2) is 9.19. The van der Waals surface area contributed by atoms with Crippen LogP contribution in [-0.2, 0) is 16.1 Å². The zero-order chi connectivity index (χ0) is 21.0. The lowest BCUT2D eigenvalue weighted by molar-refractivity contribution is -0.113. The smallest absolute Gasteiger partial charge is 0.340 e. The van der Waals surface area contributed by atoms with E-state index in [2.05, 4.69) is 15.5 Å². The van der Waals surface area contributed by atoms with Crippen LogP contribution in [0.25, 0.3) is 11.4 Å². The summed E-state index contributed by atoms with van der Waals surface area (Å²) in [5, 5.41) is 12.1. The highest BCUT2D eigenvalue weighted by Gasteiger charge is 2.19. The molecule has 10 heteroatoms. The number of esters is 1. The van der Waals surface area contributed by atoms with Crippen LogP contribution in [0.15, 0.2) is 35.5 Å². The number of thiophene rings is 1. The van der Waals surface area contributed by atoms with E-state index < -0.39 is 5.97 Å². The largest absolute Gasteiger partial charge is 0.465 e. The van der Waals surface area contributed by atoms with Gasteiger partial charge in [0.25, 0.3) is 0 Å². The molecule has 0 saturated heterocycles. The summed E-state index contributed by atoms with van der Waals surface area (Å²) in [6, 6.07) is 7.69. The quantitative estimate of drug-likeness (QED) is 0.447. The number of carbonyl (C=O) groups is 2. The summed E-state index contributed by atoms with van der Waals surface area (Å²) in [4.78, 5) is 25.1. The van der Waals surface area contributed by atoms with E-state index >= 15 is 0 Å². The maximum Gasteiger partial charge on any atom is 0.340 e. The van der Waals surface area contributed by atoms with Gasteiger partial charge in [0, 0.05) is 17.0 Å². The second-order valence-corrected chi connectivity index (χ2v) is 8.18. The molecule has 1 N–H and O–H groups in total. The number of hydrogen-bond acceptors (Lipinski definition) is 7. The van der Waals surface area contributed by atoms with E-state index in [1.54, 1.807) is 18.2 Å². The Bertz CT molecular complexity index is 1030. The van der Waals surface area contributed by atoms with E-state index in [9.17, 15) is 14.0 Å². The number of methoxy groups -OCH3 is 1. The molecule has 0 aliphatic heterocycles. The molecule has 0 spiro atoms. The molecule has 0 saturated carbocycles. The predicted molar refractivity (Wildman–Crippen MR) is 111 cm³/mol. The van der Waals surface area contributed by atoms with Gasteiger partial charge in [0.05, 0.1) is 18.4 Å². The van der Waals surface area contributed by atoms with Gasteiger partial charge in [-0.1, -0.05) is 11.8 Å². The fourth-order valence-electron chi connectivity index (χ4n) is 2.65. The number of thioether (sulfide) groups is 1. The number of aryl methyl sites for hydroxylation is 1. The highest BCUT2D eigenvalue weighted by Crippen LogP contribution is 2.29. The maximum atomic E-state index is 13.2. The van der Waals surface area contributed by atoms with E-state index in [1.807, 2.05) is 18.4 Å². The fourth-order valence-corrected chi connectivity index (χ4v) is 4.37. The summed E-state index contributed by atoms with van der Waals surface area (Å²) < 4.78 is 19.8. The van der Waals surface area contributed by atoms with Crippen LogP contribution in [0.4, 0.5) is 9.39 Å². The highest BCUT2D eigenvalue weighted by molar-refractivity contribution is 7.99. The molecule has 0 radical (unpaired) electrons. The molecule has 0 aliphatic rings. The Kier molecular flexibility index (Phi) is 6.65. The van der Waals surface area contributed by atoms with Crippen LogP contribution in [0.5, 0.6) is 0 Å². The van der Waals surface area contributed by atoms with Crippen LogP contribution in [0.1, 0.15) is 22.2 Å². The van der Waals surface area contributed by atoms with Gasteiger partial charge in [0.15, 0.2) is 11.0 Å². The molecule has 0 aliphatic carbocycles. The molecule has 0 atom stereocenters. The molecule has 0 bridgehead atoms. The van der Waals surface area contributed by atoms with Gasteiger partial charge < -0.3 is 14.6 Å². The maximum absolute atomic E-state index is 13.2. The highest BCUT2D eigenvalue weighted by atomic mass is 32.2. The Labute approximate surface area is 175 Å². The van der Waals surface area contributed by atoms with E-state index in [0.717, 1.165) is 10.4 Å². The monoisotopic (exact) mass is 434 g/mol. The lowest BCUT2D eigenvalue weighted by Gasteiger charge is -2.08. The van der Waals surface area contributed by atoms with Crippen molar-refractivity contribution < 1.29 is 18.7 Å². The molecule has 2 aromatic heterocycles. The number of aromatic nitrogens is 3. The van der Waals surface area contributed by atoms with Crippen molar-refractivity contribution in [3.63, 3.8) is 0 Å². The third kappa shape index (κ3) is 4.83. The number of amides is 1. The molecule has 1 aromatic carbocycles. The number of carbonyl (C=O) groups excluding carboxylic acids is 2. The number of halogens is 1. The third-order valence-electron chi connectivity index (χ3n) is 3.98. The minimum absolute atomic E-state index is 0.0963. The van der Waals surface area contributed by atoms with Crippen molar-refractivity contribution in [3.8, 4) is 11.4 Å². The molecule has 3 rings (SSSR count). The standard InChI is InChI=1S/C19H19FN4O3S2/c1-4-24-16(12-5-7-13(20)8-6-12)22-23-19(24)28-10-15(25)21-17-14(18(26)27-3)9-11(2)29-17/h5-9H,4,10H2,1-3H3,(H,21,25). The zero-order valence-electron chi connectivity index (χ0n) is 16.1. The van der Waals surface area contributed by atoms with Gasteiger partial charge in [0.2, 0.25) is 5.91 Å². The summed E-state index contributed by atoms with van der Waals surface area (Å²) in [6.45, 7) is 4.39. The molecule has 29 heavy (non-hydrogen) atoms. The Morgan fingerprint density at radius 2 is 2.00 bits per heavy atom. The molecular formula is C19H19FN4O3S2. The molecule has 0 unspecified atom stereocenters. The van der Waals surface area contributed by atoms with Crippen LogP contribution in [-0.4, -0.2) is 39.5 Å². The SMILES string of the molecule is CCn1c(SCC(=O)Nc2sc(C)cc2C(=O)OC)nnc1-c1ccc(F)cc1. The van der Waals surface area contributed by atoms with E-state index in [1.165, 1.54) is 42.3 Å². The van der Waals surface area contributed by atoms with Crippen molar-refractivity contribution >= 4 is 40.0 Å². The van der Waals surface area contributed by atoms with Crippen molar-refractivity contribution in [1.29, 1.82) is 0 Å². The summed E-state index contributed by atoms with van der Waals surface area (Å²) in [5.74, 6) is -0.378. The van der Waals surface area contributed by atoms with Crippen molar-refractivity contribution in [3.05, 3.63) is 46.6 Å². The number of ether oxygens (including phenoxy) is 1. The van der Waals surface area contributed by atoms with Gasteiger partial charge in [0.1, 0.15) is 10.8 Å². The summed E-state index contributed by atoms with van der Waals surface area (Å²) in [6.07, 6.45) is 0. The molecule has 0 fully saturated rings. The van der Waals surface area contributed by atoms with Crippen LogP contribution >= 0.6 is 23.1 Å². The van der Waals surface area contributed by atoms with Gasteiger partial charge in [-0.25, -0.2) is 9.18 Å². The van der Waals surface area contributed by atoms with Crippen molar-refractivity contribution in [2.24, 2.45) is 0 Å². The van der Waals surface area contributed by atoms with E-state index in [4.69, 9.17) is 4.74 Å². The summed E-state index contributed by atoms with van der Waals surface area (Å²) in [7, 11) is 1.30. The van der Waals surface area contributed by atoms with Crippen LogP contribution in [0.3, 0.4) is 0 Å². The summed E-state index contributed by atoms with van der Waals surface area (Å²) in [5.41, 5.74) is 1.08. The lowest BCUT2D eigenvalue weighted by Crippen LogP contribution is -2.16. The minimum atomic E-state index is -0.494. The first-order valence-corrected chi connectivity index (χ1v) is 10.5.